The Kier molecular flexibility index (Phi) is 6.09. The zero-order valence-corrected chi connectivity index (χ0v) is 16.2. The number of benzene rings is 2. The molecule has 6 heteroatoms. The van der Waals surface area contributed by atoms with Gasteiger partial charge in [-0.2, -0.15) is 0 Å². The van der Waals surface area contributed by atoms with Gasteiger partial charge in [-0.1, -0.05) is 32.0 Å². The summed E-state index contributed by atoms with van der Waals surface area (Å²) in [7, 11) is 0. The van der Waals surface area contributed by atoms with Crippen molar-refractivity contribution < 1.29 is 14.4 Å². The lowest BCUT2D eigenvalue weighted by Gasteiger charge is -2.17. The number of carbonyl (C=O) groups is 3. The average Bonchev–Trinajstić information content (AvgIpc) is 3.12. The molecule has 0 bridgehead atoms. The van der Waals surface area contributed by atoms with Gasteiger partial charge in [0.15, 0.2) is 0 Å². The second-order valence-electron chi connectivity index (χ2n) is 7.30. The molecule has 2 aromatic rings. The molecule has 1 aliphatic rings. The van der Waals surface area contributed by atoms with E-state index >= 15 is 0 Å². The van der Waals surface area contributed by atoms with Crippen LogP contribution in [0.2, 0.25) is 0 Å². The summed E-state index contributed by atoms with van der Waals surface area (Å²) >= 11 is 0. The van der Waals surface area contributed by atoms with Crippen LogP contribution in [0.3, 0.4) is 0 Å². The molecular formula is C22H25N3O3. The summed E-state index contributed by atoms with van der Waals surface area (Å²) in [6, 6.07) is 13.9. The van der Waals surface area contributed by atoms with Crippen molar-refractivity contribution >= 4 is 29.1 Å². The maximum Gasteiger partial charge on any atom is 0.255 e. The summed E-state index contributed by atoms with van der Waals surface area (Å²) in [6.45, 7) is 5.27. The Morgan fingerprint density at radius 3 is 2.57 bits per heavy atom. The van der Waals surface area contributed by atoms with Crippen molar-refractivity contribution in [3.8, 4) is 0 Å². The van der Waals surface area contributed by atoms with Crippen LogP contribution in [0.4, 0.5) is 11.4 Å². The first-order valence-corrected chi connectivity index (χ1v) is 9.54. The number of hydrogen-bond acceptors (Lipinski definition) is 3. The lowest BCUT2D eigenvalue weighted by molar-refractivity contribution is -0.117. The van der Waals surface area contributed by atoms with Crippen LogP contribution >= 0.6 is 0 Å². The number of amides is 3. The van der Waals surface area contributed by atoms with E-state index in [0.29, 0.717) is 42.2 Å². The Labute approximate surface area is 164 Å². The summed E-state index contributed by atoms with van der Waals surface area (Å²) in [5.41, 5.74) is 2.03. The number of nitrogens with one attached hydrogen (secondary N) is 2. The molecule has 2 aromatic carbocycles. The summed E-state index contributed by atoms with van der Waals surface area (Å²) < 4.78 is 0. The predicted octanol–water partition coefficient (Wildman–Crippen LogP) is 3.45. The number of nitrogens with zero attached hydrogens (tertiary/aromatic N) is 1. The molecule has 0 aliphatic carbocycles. The Hall–Kier alpha value is -3.15. The third-order valence-electron chi connectivity index (χ3n) is 4.58. The number of anilines is 2. The lowest BCUT2D eigenvalue weighted by Crippen LogP contribution is -2.28. The van der Waals surface area contributed by atoms with Crippen LogP contribution < -0.4 is 15.5 Å². The first kappa shape index (κ1) is 19.6. The fourth-order valence-electron chi connectivity index (χ4n) is 3.11. The highest BCUT2D eigenvalue weighted by Crippen LogP contribution is 2.23. The molecule has 0 saturated carbocycles. The smallest absolute Gasteiger partial charge is 0.255 e. The first-order chi connectivity index (χ1) is 13.5. The minimum Gasteiger partial charge on any atom is -0.352 e. The Morgan fingerprint density at radius 2 is 1.86 bits per heavy atom. The van der Waals surface area contributed by atoms with Crippen molar-refractivity contribution in [1.82, 2.24) is 5.32 Å². The zero-order valence-electron chi connectivity index (χ0n) is 16.2. The van der Waals surface area contributed by atoms with Crippen LogP contribution in [-0.2, 0) is 4.79 Å². The molecule has 3 rings (SSSR count). The predicted molar refractivity (Wildman–Crippen MR) is 110 cm³/mol. The monoisotopic (exact) mass is 379 g/mol. The molecule has 0 unspecified atom stereocenters. The Morgan fingerprint density at radius 1 is 1.07 bits per heavy atom. The third-order valence-corrected chi connectivity index (χ3v) is 4.58. The van der Waals surface area contributed by atoms with E-state index in [1.54, 1.807) is 47.4 Å². The van der Waals surface area contributed by atoms with Gasteiger partial charge in [-0.3, -0.25) is 14.4 Å². The van der Waals surface area contributed by atoms with Crippen molar-refractivity contribution in [2.24, 2.45) is 5.92 Å². The molecule has 28 heavy (non-hydrogen) atoms. The SMILES string of the molecule is CC(C)CNC(=O)c1ccccc1NC(=O)c1cccc(N2CCCC2=O)c1. The van der Waals surface area contributed by atoms with Crippen molar-refractivity contribution in [1.29, 1.82) is 0 Å². The lowest BCUT2D eigenvalue weighted by atomic mass is 10.1. The number of carbonyl (C=O) groups excluding carboxylic acids is 3. The summed E-state index contributed by atoms with van der Waals surface area (Å²) in [5.74, 6) is -0.134. The first-order valence-electron chi connectivity index (χ1n) is 9.54. The minimum atomic E-state index is -0.322. The number of hydrogen-bond donors (Lipinski definition) is 2. The average molecular weight is 379 g/mol. The van der Waals surface area contributed by atoms with Crippen molar-refractivity contribution in [3.63, 3.8) is 0 Å². The number of rotatable bonds is 6. The molecule has 0 radical (unpaired) electrons. The number of para-hydroxylation sites is 1. The Balaban J connectivity index is 1.77. The molecule has 2 N–H and O–H groups in total. The fraction of sp³-hybridized carbons (Fsp3) is 0.318. The van der Waals surface area contributed by atoms with Gasteiger partial charge in [0, 0.05) is 30.8 Å². The van der Waals surface area contributed by atoms with Crippen LogP contribution in [0.5, 0.6) is 0 Å². The quantitative estimate of drug-likeness (QED) is 0.807. The summed E-state index contributed by atoms with van der Waals surface area (Å²) in [4.78, 5) is 38.9. The van der Waals surface area contributed by atoms with Gasteiger partial charge in [0.25, 0.3) is 11.8 Å². The highest BCUT2D eigenvalue weighted by atomic mass is 16.2. The van der Waals surface area contributed by atoms with Gasteiger partial charge in [-0.05, 0) is 42.7 Å². The van der Waals surface area contributed by atoms with Crippen molar-refractivity contribution in [2.45, 2.75) is 26.7 Å². The van der Waals surface area contributed by atoms with E-state index in [1.807, 2.05) is 19.9 Å². The maximum absolute atomic E-state index is 12.8. The van der Waals surface area contributed by atoms with Gasteiger partial charge in [0.1, 0.15) is 0 Å². The molecule has 0 spiro atoms. The van der Waals surface area contributed by atoms with Gasteiger partial charge in [-0.25, -0.2) is 0 Å². The van der Waals surface area contributed by atoms with Gasteiger partial charge in [-0.15, -0.1) is 0 Å². The van der Waals surface area contributed by atoms with Crippen LogP contribution in [0.15, 0.2) is 48.5 Å². The second-order valence-corrected chi connectivity index (χ2v) is 7.30. The maximum atomic E-state index is 12.8. The van der Waals surface area contributed by atoms with Gasteiger partial charge in [0.05, 0.1) is 11.3 Å². The van der Waals surface area contributed by atoms with E-state index in [9.17, 15) is 14.4 Å². The van der Waals surface area contributed by atoms with E-state index in [2.05, 4.69) is 10.6 Å². The summed E-state index contributed by atoms with van der Waals surface area (Å²) in [6.07, 6.45) is 1.36. The standard InChI is InChI=1S/C22H25N3O3/c1-15(2)14-23-22(28)18-9-3-4-10-19(18)24-21(27)16-7-5-8-17(13-16)25-12-6-11-20(25)26/h3-5,7-10,13,15H,6,11-12,14H2,1-2H3,(H,23,28)(H,24,27). The third kappa shape index (κ3) is 4.57. The van der Waals surface area contributed by atoms with E-state index in [-0.39, 0.29) is 17.7 Å². The van der Waals surface area contributed by atoms with Crippen LogP contribution in [-0.4, -0.2) is 30.8 Å². The molecule has 146 valence electrons. The Bertz CT molecular complexity index is 892. The van der Waals surface area contributed by atoms with Gasteiger partial charge in [0.2, 0.25) is 5.91 Å². The minimum absolute atomic E-state index is 0.0738. The molecule has 1 aliphatic heterocycles. The fourth-order valence-corrected chi connectivity index (χ4v) is 3.11. The topological polar surface area (TPSA) is 78.5 Å². The van der Waals surface area contributed by atoms with E-state index in [1.165, 1.54) is 0 Å². The molecule has 0 atom stereocenters. The highest BCUT2D eigenvalue weighted by Gasteiger charge is 2.22. The zero-order chi connectivity index (χ0) is 20.1. The van der Waals surface area contributed by atoms with Crippen molar-refractivity contribution in [2.75, 3.05) is 23.3 Å². The van der Waals surface area contributed by atoms with Crippen LogP contribution in [0, 0.1) is 5.92 Å². The molecule has 3 amide bonds. The van der Waals surface area contributed by atoms with E-state index in [4.69, 9.17) is 0 Å². The van der Waals surface area contributed by atoms with E-state index in [0.717, 1.165) is 12.1 Å². The molecule has 1 saturated heterocycles. The van der Waals surface area contributed by atoms with Gasteiger partial charge >= 0.3 is 0 Å². The van der Waals surface area contributed by atoms with E-state index < -0.39 is 0 Å². The van der Waals surface area contributed by atoms with Gasteiger partial charge < -0.3 is 15.5 Å². The molecule has 1 fully saturated rings. The second kappa shape index (κ2) is 8.69. The molecule has 1 heterocycles. The van der Waals surface area contributed by atoms with Crippen LogP contribution in [0.1, 0.15) is 47.4 Å². The highest BCUT2D eigenvalue weighted by molar-refractivity contribution is 6.09. The molecular weight excluding hydrogens is 354 g/mol. The van der Waals surface area contributed by atoms with Crippen molar-refractivity contribution in [3.05, 3.63) is 59.7 Å². The van der Waals surface area contributed by atoms with Crippen LogP contribution in [0.25, 0.3) is 0 Å². The molecule has 0 aromatic heterocycles. The molecule has 6 nitrogen and oxygen atoms in total. The largest absolute Gasteiger partial charge is 0.352 e. The summed E-state index contributed by atoms with van der Waals surface area (Å²) in [5, 5.41) is 5.69. The normalized spacial score (nSPS) is 13.7.